The first kappa shape index (κ1) is 13.9. The summed E-state index contributed by atoms with van der Waals surface area (Å²) in [6.45, 7) is 4.12. The number of azide groups is 1. The Morgan fingerprint density at radius 1 is 1.24 bits per heavy atom. The van der Waals surface area contributed by atoms with E-state index < -0.39 is 0 Å². The molecule has 4 atom stereocenters. The lowest BCUT2D eigenvalue weighted by Gasteiger charge is -2.42. The average molecular weight is 281 g/mol. The molecule has 1 aromatic rings. The maximum absolute atomic E-state index is 12.6. The number of Topliss-reactive ketones (excluding diaryl/α,β-unsaturated/α-hetero) is 1. The second kappa shape index (κ2) is 5.74. The quantitative estimate of drug-likeness (QED) is 0.345. The molecule has 0 aromatic heterocycles. The van der Waals surface area contributed by atoms with Crippen LogP contribution in [-0.4, -0.2) is 5.78 Å². The molecule has 21 heavy (non-hydrogen) atoms. The minimum atomic E-state index is -0.388. The highest BCUT2D eigenvalue weighted by Crippen LogP contribution is 2.48. The molecule has 3 rings (SSSR count). The van der Waals surface area contributed by atoms with Gasteiger partial charge in [0.25, 0.3) is 0 Å². The molecule has 0 radical (unpaired) electrons. The third-order valence-corrected chi connectivity index (χ3v) is 4.79. The van der Waals surface area contributed by atoms with Crippen molar-refractivity contribution in [3.05, 3.63) is 58.5 Å². The Kier molecular flexibility index (Phi) is 3.80. The summed E-state index contributed by atoms with van der Waals surface area (Å²) in [6.07, 6.45) is 3.52. The third-order valence-electron chi connectivity index (χ3n) is 4.79. The number of ketones is 1. The van der Waals surface area contributed by atoms with Crippen molar-refractivity contribution in [1.29, 1.82) is 0 Å². The van der Waals surface area contributed by atoms with E-state index in [9.17, 15) is 4.79 Å². The van der Waals surface area contributed by atoms with Crippen molar-refractivity contribution in [3.63, 3.8) is 0 Å². The van der Waals surface area contributed by atoms with Gasteiger partial charge in [-0.25, -0.2) is 0 Å². The van der Waals surface area contributed by atoms with Crippen LogP contribution < -0.4 is 0 Å². The molecule has 4 heteroatoms. The number of carbonyl (C=O) groups is 1. The lowest BCUT2D eigenvalue weighted by atomic mass is 9.62. The molecule has 2 aliphatic carbocycles. The summed E-state index contributed by atoms with van der Waals surface area (Å²) in [6, 6.07) is 9.27. The van der Waals surface area contributed by atoms with Crippen LogP contribution in [-0.2, 0) is 4.79 Å². The molecule has 0 N–H and O–H groups in total. The average Bonchev–Trinajstić information content (AvgIpc) is 2.46. The van der Waals surface area contributed by atoms with Crippen molar-refractivity contribution in [2.24, 2.45) is 22.9 Å². The van der Waals surface area contributed by atoms with E-state index in [1.165, 1.54) is 5.57 Å². The highest BCUT2D eigenvalue weighted by molar-refractivity contribution is 5.83. The van der Waals surface area contributed by atoms with Crippen LogP contribution in [0.3, 0.4) is 0 Å². The van der Waals surface area contributed by atoms with Crippen LogP contribution in [0.1, 0.15) is 37.3 Å². The van der Waals surface area contributed by atoms with Gasteiger partial charge in [0.2, 0.25) is 0 Å². The topological polar surface area (TPSA) is 65.8 Å². The number of hydrogen-bond donors (Lipinski definition) is 0. The van der Waals surface area contributed by atoms with Crippen LogP contribution in [0.2, 0.25) is 0 Å². The summed E-state index contributed by atoms with van der Waals surface area (Å²) >= 11 is 0. The van der Waals surface area contributed by atoms with Gasteiger partial charge in [0, 0.05) is 17.3 Å². The lowest BCUT2D eigenvalue weighted by Crippen LogP contribution is -2.39. The largest absolute Gasteiger partial charge is 0.299 e. The van der Waals surface area contributed by atoms with E-state index in [4.69, 9.17) is 5.53 Å². The molecule has 0 amide bonds. The molecule has 2 saturated carbocycles. The molecular weight excluding hydrogens is 262 g/mol. The van der Waals surface area contributed by atoms with E-state index in [-0.39, 0.29) is 23.7 Å². The van der Waals surface area contributed by atoms with Crippen molar-refractivity contribution in [2.45, 2.75) is 31.7 Å². The molecule has 0 aliphatic heterocycles. The number of carbonyl (C=O) groups excluding carboxylic acids is 1. The fourth-order valence-corrected chi connectivity index (χ4v) is 4.06. The summed E-state index contributed by atoms with van der Waals surface area (Å²) in [5, 5.41) is 3.97. The third kappa shape index (κ3) is 2.72. The molecule has 4 nitrogen and oxygen atoms in total. The second-order valence-electron chi connectivity index (χ2n) is 6.28. The van der Waals surface area contributed by atoms with Crippen LogP contribution in [0.25, 0.3) is 10.4 Å². The number of allylic oxidation sites excluding steroid dienone is 1. The van der Waals surface area contributed by atoms with Crippen LogP contribution in [0, 0.1) is 17.8 Å². The molecule has 2 aliphatic rings. The van der Waals surface area contributed by atoms with Gasteiger partial charge in [0.15, 0.2) is 0 Å². The molecule has 1 aromatic carbocycles. The number of rotatable bonds is 3. The number of benzene rings is 1. The predicted molar refractivity (Wildman–Crippen MR) is 81.4 cm³/mol. The van der Waals surface area contributed by atoms with Gasteiger partial charge in [0.05, 0.1) is 6.04 Å². The highest BCUT2D eigenvalue weighted by atomic mass is 16.1. The Hall–Kier alpha value is -2.06. The van der Waals surface area contributed by atoms with Crippen molar-refractivity contribution in [3.8, 4) is 0 Å². The van der Waals surface area contributed by atoms with Crippen molar-refractivity contribution >= 4 is 5.78 Å². The summed E-state index contributed by atoms with van der Waals surface area (Å²) in [5.74, 6) is 0.775. The van der Waals surface area contributed by atoms with E-state index in [0.717, 1.165) is 24.8 Å². The van der Waals surface area contributed by atoms with Gasteiger partial charge in [-0.3, -0.25) is 4.79 Å². The van der Waals surface area contributed by atoms with Gasteiger partial charge in [0.1, 0.15) is 5.78 Å². The zero-order chi connectivity index (χ0) is 14.8. The zero-order valence-electron chi connectivity index (χ0n) is 12.0. The smallest absolute Gasteiger partial charge is 0.137 e. The first-order valence-corrected chi connectivity index (χ1v) is 7.47. The van der Waals surface area contributed by atoms with Gasteiger partial charge >= 0.3 is 0 Å². The number of fused-ring (bicyclic) bond motifs is 2. The molecule has 108 valence electrons. The van der Waals surface area contributed by atoms with Crippen LogP contribution in [0.15, 0.2) is 47.6 Å². The second-order valence-corrected chi connectivity index (χ2v) is 6.28. The molecule has 0 spiro atoms. The normalized spacial score (nSPS) is 29.6. The summed E-state index contributed by atoms with van der Waals surface area (Å²) in [7, 11) is 0. The SMILES string of the molecule is C=C1CC2C[C@H](C1)CC(=O)[C@@H]2[C@H](N=[N+]=[N-])c1ccccc1. The molecule has 2 fully saturated rings. The maximum atomic E-state index is 12.6. The number of nitrogens with zero attached hydrogens (tertiary/aromatic N) is 3. The van der Waals surface area contributed by atoms with E-state index in [2.05, 4.69) is 16.6 Å². The van der Waals surface area contributed by atoms with Crippen LogP contribution >= 0.6 is 0 Å². The minimum Gasteiger partial charge on any atom is -0.299 e. The number of hydrogen-bond acceptors (Lipinski definition) is 2. The maximum Gasteiger partial charge on any atom is 0.137 e. The first-order chi connectivity index (χ1) is 10.2. The molecule has 0 saturated heterocycles. The van der Waals surface area contributed by atoms with Gasteiger partial charge < -0.3 is 0 Å². The van der Waals surface area contributed by atoms with Crippen molar-refractivity contribution in [2.75, 3.05) is 0 Å². The zero-order valence-corrected chi connectivity index (χ0v) is 12.0. The van der Waals surface area contributed by atoms with E-state index in [0.29, 0.717) is 12.3 Å². The van der Waals surface area contributed by atoms with Crippen molar-refractivity contribution < 1.29 is 4.79 Å². The minimum absolute atomic E-state index is 0.198. The first-order valence-electron chi connectivity index (χ1n) is 7.47. The van der Waals surface area contributed by atoms with E-state index in [1.54, 1.807) is 0 Å². The fraction of sp³-hybridized carbons (Fsp3) is 0.471. The van der Waals surface area contributed by atoms with Crippen molar-refractivity contribution in [1.82, 2.24) is 0 Å². The van der Waals surface area contributed by atoms with E-state index >= 15 is 0 Å². The van der Waals surface area contributed by atoms with E-state index in [1.807, 2.05) is 30.3 Å². The Morgan fingerprint density at radius 2 is 2.00 bits per heavy atom. The summed E-state index contributed by atoms with van der Waals surface area (Å²) in [4.78, 5) is 15.6. The van der Waals surface area contributed by atoms with Gasteiger partial charge in [-0.2, -0.15) is 0 Å². The van der Waals surface area contributed by atoms with Gasteiger partial charge in [-0.1, -0.05) is 47.6 Å². The Labute approximate surface area is 124 Å². The monoisotopic (exact) mass is 281 g/mol. The summed E-state index contributed by atoms with van der Waals surface area (Å²) in [5.41, 5.74) is 11.1. The van der Waals surface area contributed by atoms with Crippen LogP contribution in [0.5, 0.6) is 0 Å². The highest BCUT2D eigenvalue weighted by Gasteiger charge is 2.43. The Morgan fingerprint density at radius 3 is 2.71 bits per heavy atom. The van der Waals surface area contributed by atoms with Gasteiger partial charge in [-0.05, 0) is 42.2 Å². The predicted octanol–water partition coefficient (Wildman–Crippen LogP) is 4.60. The summed E-state index contributed by atoms with van der Waals surface area (Å²) < 4.78 is 0. The van der Waals surface area contributed by atoms with Crippen LogP contribution in [0.4, 0.5) is 0 Å². The lowest BCUT2D eigenvalue weighted by molar-refractivity contribution is -0.130. The standard InChI is InChI=1S/C17H19N3O/c1-11-7-12-9-14(8-11)16(15(21)10-12)17(19-20-18)13-5-3-2-4-6-13/h2-6,12,14,16-17H,1,7-10H2/t12-,14?,16+,17+/m0/s1. The molecular formula is C17H19N3O. The molecule has 2 bridgehead atoms. The molecule has 0 heterocycles. The Balaban J connectivity index is 1.96. The molecule has 1 unspecified atom stereocenters. The fourth-order valence-electron chi connectivity index (χ4n) is 4.06. The van der Waals surface area contributed by atoms with Gasteiger partial charge in [-0.15, -0.1) is 0 Å². The Bertz CT molecular complexity index is 604.